The van der Waals surface area contributed by atoms with E-state index in [2.05, 4.69) is 4.99 Å². The van der Waals surface area contributed by atoms with E-state index in [1.54, 1.807) is 24.5 Å². The lowest BCUT2D eigenvalue weighted by atomic mass is 10.1. The number of aliphatic imine (C=N–C) groups is 1. The summed E-state index contributed by atoms with van der Waals surface area (Å²) in [5, 5.41) is 9.65. The molecule has 3 rings (SSSR count). The molecule has 0 aliphatic heterocycles. The van der Waals surface area contributed by atoms with Crippen LogP contribution in [0.1, 0.15) is 27.2 Å². The van der Waals surface area contributed by atoms with E-state index in [1.807, 2.05) is 60.4 Å². The van der Waals surface area contributed by atoms with Gasteiger partial charge in [-0.2, -0.15) is 0 Å². The molecule has 0 aliphatic rings. The summed E-state index contributed by atoms with van der Waals surface area (Å²) < 4.78 is 5.50. The van der Waals surface area contributed by atoms with Gasteiger partial charge >= 0.3 is 5.97 Å². The SMILES string of the molecule is Cc1ccc(CN(Cc2ccco2)C(=NCC(=O)O)SCC(=O)c2ccccc2)cc1. The van der Waals surface area contributed by atoms with Crippen molar-refractivity contribution >= 4 is 28.7 Å². The van der Waals surface area contributed by atoms with Crippen molar-refractivity contribution in [2.45, 2.75) is 20.0 Å². The number of ketones is 1. The molecule has 0 unspecified atom stereocenters. The average Bonchev–Trinajstić information content (AvgIpc) is 3.28. The highest BCUT2D eigenvalue weighted by atomic mass is 32.2. The Hall–Kier alpha value is -3.32. The first-order valence-corrected chi connectivity index (χ1v) is 10.8. The number of furan rings is 1. The first-order chi connectivity index (χ1) is 15.0. The Morgan fingerprint density at radius 1 is 1.00 bits per heavy atom. The monoisotopic (exact) mass is 436 g/mol. The normalized spacial score (nSPS) is 11.3. The highest BCUT2D eigenvalue weighted by Crippen LogP contribution is 2.19. The summed E-state index contributed by atoms with van der Waals surface area (Å²) in [6.45, 7) is 2.57. The van der Waals surface area contributed by atoms with Gasteiger partial charge in [-0.15, -0.1) is 0 Å². The van der Waals surface area contributed by atoms with Gasteiger partial charge in [-0.3, -0.25) is 14.6 Å². The number of aliphatic carboxylic acids is 1. The summed E-state index contributed by atoms with van der Waals surface area (Å²) in [5.41, 5.74) is 2.82. The fraction of sp³-hybridized carbons (Fsp3) is 0.208. The first-order valence-electron chi connectivity index (χ1n) is 9.81. The number of carbonyl (C=O) groups is 2. The Kier molecular flexibility index (Phi) is 8.06. The second kappa shape index (κ2) is 11.2. The molecule has 3 aromatic rings. The summed E-state index contributed by atoms with van der Waals surface area (Å²) in [4.78, 5) is 30.0. The Labute approximate surface area is 185 Å². The van der Waals surface area contributed by atoms with E-state index in [1.165, 1.54) is 11.8 Å². The number of carboxylic acids is 1. The zero-order valence-electron chi connectivity index (χ0n) is 17.2. The Bertz CT molecular complexity index is 1020. The molecular weight excluding hydrogens is 412 g/mol. The van der Waals surface area contributed by atoms with Crippen molar-refractivity contribution in [3.63, 3.8) is 0 Å². The minimum Gasteiger partial charge on any atom is -0.480 e. The first kappa shape index (κ1) is 22.4. The lowest BCUT2D eigenvalue weighted by Gasteiger charge is -2.25. The average molecular weight is 437 g/mol. The van der Waals surface area contributed by atoms with Crippen molar-refractivity contribution in [3.8, 4) is 0 Å². The van der Waals surface area contributed by atoms with E-state index < -0.39 is 5.97 Å². The van der Waals surface area contributed by atoms with Gasteiger partial charge in [0, 0.05) is 12.1 Å². The summed E-state index contributed by atoms with van der Waals surface area (Å²) in [7, 11) is 0. The van der Waals surface area contributed by atoms with Gasteiger partial charge in [0.2, 0.25) is 0 Å². The van der Waals surface area contributed by atoms with Crippen LogP contribution in [0.5, 0.6) is 0 Å². The molecule has 1 heterocycles. The van der Waals surface area contributed by atoms with Crippen molar-refractivity contribution < 1.29 is 19.1 Å². The zero-order chi connectivity index (χ0) is 22.1. The third-order valence-electron chi connectivity index (χ3n) is 4.47. The Balaban J connectivity index is 1.82. The Morgan fingerprint density at radius 3 is 2.39 bits per heavy atom. The second-order valence-electron chi connectivity index (χ2n) is 6.99. The van der Waals surface area contributed by atoms with Crippen LogP contribution in [-0.2, 0) is 17.9 Å². The number of Topliss-reactive ketones (excluding diaryl/α,β-unsaturated/α-hetero) is 1. The van der Waals surface area contributed by atoms with Gasteiger partial charge in [-0.1, -0.05) is 71.9 Å². The lowest BCUT2D eigenvalue weighted by molar-refractivity contribution is -0.135. The number of carbonyl (C=O) groups excluding carboxylic acids is 1. The number of carboxylic acid groups (broad SMARTS) is 1. The number of hydrogen-bond donors (Lipinski definition) is 1. The number of rotatable bonds is 9. The van der Waals surface area contributed by atoms with E-state index in [-0.39, 0.29) is 18.1 Å². The highest BCUT2D eigenvalue weighted by molar-refractivity contribution is 8.14. The molecule has 1 aromatic heterocycles. The topological polar surface area (TPSA) is 83.1 Å². The number of nitrogens with zero attached hydrogens (tertiary/aromatic N) is 2. The zero-order valence-corrected chi connectivity index (χ0v) is 18.0. The summed E-state index contributed by atoms with van der Waals surface area (Å²) >= 11 is 1.24. The maximum atomic E-state index is 12.6. The van der Waals surface area contributed by atoms with Crippen molar-refractivity contribution in [1.82, 2.24) is 4.90 Å². The second-order valence-corrected chi connectivity index (χ2v) is 7.93. The van der Waals surface area contributed by atoms with Gasteiger partial charge in [0.15, 0.2) is 11.0 Å². The molecule has 0 fully saturated rings. The van der Waals surface area contributed by atoms with Crippen LogP contribution in [0.2, 0.25) is 0 Å². The molecule has 0 saturated heterocycles. The number of thioether (sulfide) groups is 1. The van der Waals surface area contributed by atoms with Crippen LogP contribution in [0.3, 0.4) is 0 Å². The molecule has 1 N–H and O–H groups in total. The van der Waals surface area contributed by atoms with Crippen LogP contribution in [0.25, 0.3) is 0 Å². The summed E-state index contributed by atoms with van der Waals surface area (Å²) in [5.74, 6) is -0.182. The van der Waals surface area contributed by atoms with Crippen LogP contribution in [-0.4, -0.2) is 39.2 Å². The van der Waals surface area contributed by atoms with Crippen molar-refractivity contribution in [2.75, 3.05) is 12.3 Å². The number of hydrogen-bond acceptors (Lipinski definition) is 5. The summed E-state index contributed by atoms with van der Waals surface area (Å²) in [6, 6.07) is 20.8. The molecule has 2 aromatic carbocycles. The van der Waals surface area contributed by atoms with E-state index in [4.69, 9.17) is 9.52 Å². The molecule has 0 saturated carbocycles. The van der Waals surface area contributed by atoms with Crippen LogP contribution >= 0.6 is 11.8 Å². The molecule has 7 heteroatoms. The molecular formula is C24H24N2O4S. The number of benzene rings is 2. The lowest BCUT2D eigenvalue weighted by Crippen LogP contribution is -2.29. The van der Waals surface area contributed by atoms with Gasteiger partial charge in [0.1, 0.15) is 12.3 Å². The number of aryl methyl sites for hydroxylation is 1. The predicted octanol–water partition coefficient (Wildman–Crippen LogP) is 4.65. The molecule has 160 valence electrons. The van der Waals surface area contributed by atoms with Crippen molar-refractivity contribution in [2.24, 2.45) is 4.99 Å². The van der Waals surface area contributed by atoms with Crippen LogP contribution in [0, 0.1) is 6.92 Å². The van der Waals surface area contributed by atoms with E-state index in [0.717, 1.165) is 16.9 Å². The quantitative estimate of drug-likeness (QED) is 0.299. The molecule has 0 bridgehead atoms. The molecule has 6 nitrogen and oxygen atoms in total. The van der Waals surface area contributed by atoms with E-state index in [0.29, 0.717) is 23.8 Å². The number of amidine groups is 1. The molecule has 0 amide bonds. The highest BCUT2D eigenvalue weighted by Gasteiger charge is 2.18. The van der Waals surface area contributed by atoms with Crippen molar-refractivity contribution in [1.29, 1.82) is 0 Å². The largest absolute Gasteiger partial charge is 0.480 e. The van der Waals surface area contributed by atoms with Crippen LogP contribution in [0.15, 0.2) is 82.4 Å². The fourth-order valence-electron chi connectivity index (χ4n) is 2.91. The smallest absolute Gasteiger partial charge is 0.325 e. The molecule has 31 heavy (non-hydrogen) atoms. The third kappa shape index (κ3) is 7.15. The maximum Gasteiger partial charge on any atom is 0.325 e. The van der Waals surface area contributed by atoms with Gasteiger partial charge in [0.05, 0.1) is 18.6 Å². The van der Waals surface area contributed by atoms with Crippen LogP contribution in [0.4, 0.5) is 0 Å². The fourth-order valence-corrected chi connectivity index (χ4v) is 3.80. The van der Waals surface area contributed by atoms with Crippen LogP contribution < -0.4 is 0 Å². The molecule has 0 atom stereocenters. The molecule has 0 spiro atoms. The van der Waals surface area contributed by atoms with Gasteiger partial charge in [-0.05, 0) is 24.6 Å². The maximum absolute atomic E-state index is 12.6. The van der Waals surface area contributed by atoms with Gasteiger partial charge in [-0.25, -0.2) is 0 Å². The third-order valence-corrected chi connectivity index (χ3v) is 5.52. The van der Waals surface area contributed by atoms with Gasteiger partial charge in [0.25, 0.3) is 0 Å². The summed E-state index contributed by atoms with van der Waals surface area (Å²) in [6.07, 6.45) is 1.60. The standard InChI is InChI=1S/C24H24N2O4S/c1-18-9-11-19(12-10-18)15-26(16-21-8-5-13-30-21)24(25-14-23(28)29)31-17-22(27)20-6-3-2-4-7-20/h2-13H,14-17H2,1H3,(H,28,29). The predicted molar refractivity (Wildman–Crippen MR) is 122 cm³/mol. The minimum absolute atomic E-state index is 0.0399. The minimum atomic E-state index is -1.03. The van der Waals surface area contributed by atoms with Gasteiger partial charge < -0.3 is 14.4 Å². The molecule has 0 aliphatic carbocycles. The van der Waals surface area contributed by atoms with E-state index >= 15 is 0 Å². The Morgan fingerprint density at radius 2 is 1.74 bits per heavy atom. The molecule has 0 radical (unpaired) electrons. The van der Waals surface area contributed by atoms with E-state index in [9.17, 15) is 9.59 Å². The van der Waals surface area contributed by atoms with Crippen molar-refractivity contribution in [3.05, 3.63) is 95.4 Å².